The molecule has 0 amide bonds. The monoisotopic (exact) mass is 259 g/mol. The Morgan fingerprint density at radius 2 is 2.29 bits per heavy atom. The number of esters is 1. The van der Waals surface area contributed by atoms with Crippen LogP contribution in [0.5, 0.6) is 0 Å². The second-order valence-corrected chi connectivity index (χ2v) is 6.33. The third kappa shape index (κ3) is 5.30. The van der Waals surface area contributed by atoms with E-state index in [1.807, 2.05) is 18.8 Å². The molecule has 3 unspecified atom stereocenters. The van der Waals surface area contributed by atoms with E-state index in [2.05, 4.69) is 12.2 Å². The standard InChI is InChI=1S/C13H25NO2S/c1-10-5-4-6-11(9-10)17-8-7-12(14-2)13(15)16-3/h10-12,14H,4-9H2,1-3H3. The lowest BCUT2D eigenvalue weighted by Crippen LogP contribution is -2.35. The summed E-state index contributed by atoms with van der Waals surface area (Å²) in [6.07, 6.45) is 6.30. The Kier molecular flexibility index (Phi) is 6.97. The number of likely N-dealkylation sites (N-methyl/N-ethyl adjacent to an activating group) is 1. The van der Waals surface area contributed by atoms with Gasteiger partial charge in [0.05, 0.1) is 7.11 Å². The van der Waals surface area contributed by atoms with Gasteiger partial charge in [-0.1, -0.05) is 19.8 Å². The van der Waals surface area contributed by atoms with E-state index in [4.69, 9.17) is 4.74 Å². The van der Waals surface area contributed by atoms with Crippen LogP contribution in [0.4, 0.5) is 0 Å². The minimum atomic E-state index is -0.148. The Morgan fingerprint density at radius 1 is 1.53 bits per heavy atom. The smallest absolute Gasteiger partial charge is 0.322 e. The van der Waals surface area contributed by atoms with Crippen LogP contribution in [0.3, 0.4) is 0 Å². The van der Waals surface area contributed by atoms with Crippen molar-refractivity contribution < 1.29 is 9.53 Å². The molecule has 1 N–H and O–H groups in total. The summed E-state index contributed by atoms with van der Waals surface area (Å²) in [4.78, 5) is 11.4. The second kappa shape index (κ2) is 7.98. The molecule has 0 heterocycles. The van der Waals surface area contributed by atoms with Crippen molar-refractivity contribution in [1.29, 1.82) is 0 Å². The Bertz CT molecular complexity index is 235. The van der Waals surface area contributed by atoms with E-state index in [0.29, 0.717) is 0 Å². The van der Waals surface area contributed by atoms with E-state index in [1.54, 1.807) is 0 Å². The van der Waals surface area contributed by atoms with Gasteiger partial charge in [0.2, 0.25) is 0 Å². The highest BCUT2D eigenvalue weighted by atomic mass is 32.2. The van der Waals surface area contributed by atoms with Crippen LogP contribution in [-0.2, 0) is 9.53 Å². The number of hydrogen-bond acceptors (Lipinski definition) is 4. The lowest BCUT2D eigenvalue weighted by Gasteiger charge is -2.26. The molecule has 1 aliphatic rings. The van der Waals surface area contributed by atoms with Gasteiger partial charge in [-0.15, -0.1) is 0 Å². The zero-order valence-electron chi connectivity index (χ0n) is 11.2. The molecule has 0 saturated heterocycles. The van der Waals surface area contributed by atoms with Crippen LogP contribution in [0.1, 0.15) is 39.0 Å². The van der Waals surface area contributed by atoms with Crippen LogP contribution >= 0.6 is 11.8 Å². The van der Waals surface area contributed by atoms with Crippen molar-refractivity contribution >= 4 is 17.7 Å². The molecule has 0 bridgehead atoms. The van der Waals surface area contributed by atoms with Crippen LogP contribution in [-0.4, -0.2) is 37.2 Å². The van der Waals surface area contributed by atoms with Crippen LogP contribution in [0, 0.1) is 5.92 Å². The number of ether oxygens (including phenoxy) is 1. The van der Waals surface area contributed by atoms with Crippen molar-refractivity contribution in [3.05, 3.63) is 0 Å². The normalized spacial score (nSPS) is 26.5. The molecule has 0 aromatic heterocycles. The minimum absolute atomic E-state index is 0.145. The topological polar surface area (TPSA) is 38.3 Å². The van der Waals surface area contributed by atoms with Gasteiger partial charge in [0.1, 0.15) is 6.04 Å². The largest absolute Gasteiger partial charge is 0.468 e. The van der Waals surface area contributed by atoms with Crippen molar-refractivity contribution in [2.45, 2.75) is 50.3 Å². The summed E-state index contributed by atoms with van der Waals surface area (Å²) in [7, 11) is 3.26. The molecule has 0 spiro atoms. The Hall–Kier alpha value is -0.220. The first kappa shape index (κ1) is 14.8. The minimum Gasteiger partial charge on any atom is -0.468 e. The average Bonchev–Trinajstić information content (AvgIpc) is 2.34. The van der Waals surface area contributed by atoms with Crippen molar-refractivity contribution in [2.75, 3.05) is 19.9 Å². The highest BCUT2D eigenvalue weighted by Crippen LogP contribution is 2.32. The van der Waals surface area contributed by atoms with E-state index in [9.17, 15) is 4.79 Å². The Labute approximate surface area is 109 Å². The Morgan fingerprint density at radius 3 is 2.88 bits per heavy atom. The van der Waals surface area contributed by atoms with E-state index in [0.717, 1.165) is 23.3 Å². The van der Waals surface area contributed by atoms with Gasteiger partial charge in [-0.25, -0.2) is 0 Å². The summed E-state index contributed by atoms with van der Waals surface area (Å²) in [6, 6.07) is -0.145. The fraction of sp³-hybridized carbons (Fsp3) is 0.923. The molecule has 0 aliphatic heterocycles. The molecular formula is C13H25NO2S. The molecule has 0 aromatic carbocycles. The fourth-order valence-electron chi connectivity index (χ4n) is 2.40. The zero-order chi connectivity index (χ0) is 12.7. The highest BCUT2D eigenvalue weighted by molar-refractivity contribution is 7.99. The zero-order valence-corrected chi connectivity index (χ0v) is 12.0. The highest BCUT2D eigenvalue weighted by Gasteiger charge is 2.21. The Balaban J connectivity index is 2.19. The first-order valence-corrected chi connectivity index (χ1v) is 7.59. The van der Waals surface area contributed by atoms with Crippen LogP contribution in [0.25, 0.3) is 0 Å². The van der Waals surface area contributed by atoms with Crippen molar-refractivity contribution in [1.82, 2.24) is 5.32 Å². The number of rotatable bonds is 6. The summed E-state index contributed by atoms with van der Waals surface area (Å²) in [5.74, 6) is 1.77. The summed E-state index contributed by atoms with van der Waals surface area (Å²) in [6.45, 7) is 2.34. The van der Waals surface area contributed by atoms with Crippen LogP contribution < -0.4 is 5.32 Å². The molecule has 1 rings (SSSR count). The van der Waals surface area contributed by atoms with E-state index in [1.165, 1.54) is 32.8 Å². The maximum Gasteiger partial charge on any atom is 0.322 e. The van der Waals surface area contributed by atoms with Gasteiger partial charge in [0.25, 0.3) is 0 Å². The molecule has 4 heteroatoms. The molecule has 100 valence electrons. The number of hydrogen-bond donors (Lipinski definition) is 1. The van der Waals surface area contributed by atoms with E-state index >= 15 is 0 Å². The van der Waals surface area contributed by atoms with Gasteiger partial charge in [-0.3, -0.25) is 4.79 Å². The van der Waals surface area contributed by atoms with Crippen LogP contribution in [0.15, 0.2) is 0 Å². The fourth-order valence-corrected chi connectivity index (χ4v) is 3.91. The summed E-state index contributed by atoms with van der Waals surface area (Å²) in [5.41, 5.74) is 0. The van der Waals surface area contributed by atoms with Crippen molar-refractivity contribution in [2.24, 2.45) is 5.92 Å². The summed E-state index contributed by atoms with van der Waals surface area (Å²) >= 11 is 2.02. The average molecular weight is 259 g/mol. The van der Waals surface area contributed by atoms with Crippen molar-refractivity contribution in [3.8, 4) is 0 Å². The van der Waals surface area contributed by atoms with Crippen molar-refractivity contribution in [3.63, 3.8) is 0 Å². The third-order valence-corrected chi connectivity index (χ3v) is 4.85. The lowest BCUT2D eigenvalue weighted by molar-refractivity contribution is -0.143. The first-order chi connectivity index (χ1) is 8.17. The number of methoxy groups -OCH3 is 1. The molecule has 0 aromatic rings. The van der Waals surface area contributed by atoms with E-state index in [-0.39, 0.29) is 12.0 Å². The molecule has 17 heavy (non-hydrogen) atoms. The van der Waals surface area contributed by atoms with E-state index < -0.39 is 0 Å². The quantitative estimate of drug-likeness (QED) is 0.744. The number of thioether (sulfide) groups is 1. The number of nitrogens with one attached hydrogen (secondary N) is 1. The molecule has 0 radical (unpaired) electrons. The maximum absolute atomic E-state index is 11.4. The van der Waals surface area contributed by atoms with Crippen LogP contribution in [0.2, 0.25) is 0 Å². The van der Waals surface area contributed by atoms with Gasteiger partial charge in [-0.05, 0) is 38.0 Å². The first-order valence-electron chi connectivity index (χ1n) is 6.54. The van der Waals surface area contributed by atoms with Gasteiger partial charge in [0, 0.05) is 5.25 Å². The summed E-state index contributed by atoms with van der Waals surface area (Å²) in [5, 5.41) is 3.81. The second-order valence-electron chi connectivity index (χ2n) is 4.92. The third-order valence-electron chi connectivity index (χ3n) is 3.48. The molecule has 1 aliphatic carbocycles. The molecular weight excluding hydrogens is 234 g/mol. The number of carbonyl (C=O) groups excluding carboxylic acids is 1. The van der Waals surface area contributed by atoms with Gasteiger partial charge in [0.15, 0.2) is 0 Å². The maximum atomic E-state index is 11.4. The molecule has 1 saturated carbocycles. The predicted octanol–water partition coefficient (Wildman–Crippen LogP) is 2.45. The molecule has 3 nitrogen and oxygen atoms in total. The van der Waals surface area contributed by atoms with Gasteiger partial charge >= 0.3 is 5.97 Å². The SMILES string of the molecule is CNC(CCSC1CCCC(C)C1)C(=O)OC. The van der Waals surface area contributed by atoms with Gasteiger partial charge in [-0.2, -0.15) is 11.8 Å². The van der Waals surface area contributed by atoms with Gasteiger partial charge < -0.3 is 10.1 Å². The number of carbonyl (C=O) groups is 1. The predicted molar refractivity (Wildman–Crippen MR) is 73.4 cm³/mol. The summed E-state index contributed by atoms with van der Waals surface area (Å²) < 4.78 is 4.75. The lowest BCUT2D eigenvalue weighted by atomic mass is 9.91. The molecule has 1 fully saturated rings. The molecule has 3 atom stereocenters.